The van der Waals surface area contributed by atoms with E-state index in [9.17, 15) is 14.7 Å². The monoisotopic (exact) mass is 391 g/mol. The summed E-state index contributed by atoms with van der Waals surface area (Å²) in [5.41, 5.74) is 4.98. The SMILES string of the molecule is O=C(NC(C(=O)O)C1CC2(CCC2)C1)OCC1c2ccccc2-c2ccccc21. The first-order valence-electron chi connectivity index (χ1n) is 10.4. The van der Waals surface area contributed by atoms with Crippen LogP contribution in [0.4, 0.5) is 4.79 Å². The van der Waals surface area contributed by atoms with Crippen molar-refractivity contribution < 1.29 is 19.4 Å². The minimum absolute atomic E-state index is 0.00767. The number of carboxylic acids is 1. The standard InChI is InChI=1S/C24H25NO4/c26-22(27)21(15-12-24(13-15)10-5-11-24)25-23(28)29-14-20-18-8-3-1-6-16(18)17-7-2-4-9-19(17)20/h1-4,6-9,15,20-21H,5,10-14H2,(H,25,28)(H,26,27). The molecule has 0 bridgehead atoms. The molecule has 2 aromatic carbocycles. The lowest BCUT2D eigenvalue weighted by atomic mass is 9.50. The number of hydrogen-bond acceptors (Lipinski definition) is 3. The van der Waals surface area contributed by atoms with Gasteiger partial charge in [0.2, 0.25) is 0 Å². The van der Waals surface area contributed by atoms with Gasteiger partial charge in [0.25, 0.3) is 0 Å². The van der Waals surface area contributed by atoms with E-state index >= 15 is 0 Å². The molecule has 1 unspecified atom stereocenters. The maximum Gasteiger partial charge on any atom is 0.407 e. The Morgan fingerprint density at radius 1 is 1.03 bits per heavy atom. The molecule has 2 saturated carbocycles. The van der Waals surface area contributed by atoms with Gasteiger partial charge in [-0.1, -0.05) is 55.0 Å². The summed E-state index contributed by atoms with van der Waals surface area (Å²) in [5, 5.41) is 12.2. The van der Waals surface area contributed by atoms with E-state index in [4.69, 9.17) is 4.74 Å². The van der Waals surface area contributed by atoms with Crippen molar-refractivity contribution in [3.05, 3.63) is 59.7 Å². The molecular weight excluding hydrogens is 366 g/mol. The number of hydrogen-bond donors (Lipinski definition) is 2. The van der Waals surface area contributed by atoms with Gasteiger partial charge in [-0.05, 0) is 59.3 Å². The third kappa shape index (κ3) is 3.09. The van der Waals surface area contributed by atoms with Crippen molar-refractivity contribution in [2.45, 2.75) is 44.1 Å². The third-order valence-electron chi connectivity index (χ3n) is 7.16. The number of aliphatic carboxylic acids is 1. The van der Waals surface area contributed by atoms with Crippen molar-refractivity contribution >= 4 is 12.1 Å². The summed E-state index contributed by atoms with van der Waals surface area (Å²) in [6.45, 7) is 0.195. The molecule has 3 aliphatic carbocycles. The summed E-state index contributed by atoms with van der Waals surface area (Å²) in [7, 11) is 0. The molecule has 29 heavy (non-hydrogen) atoms. The van der Waals surface area contributed by atoms with Crippen LogP contribution in [0.1, 0.15) is 49.1 Å². The molecule has 0 aromatic heterocycles. The van der Waals surface area contributed by atoms with E-state index < -0.39 is 18.1 Å². The summed E-state index contributed by atoms with van der Waals surface area (Å²) in [5.74, 6) is -0.996. The zero-order valence-electron chi connectivity index (χ0n) is 16.3. The van der Waals surface area contributed by atoms with Crippen LogP contribution in [0.3, 0.4) is 0 Å². The highest BCUT2D eigenvalue weighted by atomic mass is 16.5. The fourth-order valence-electron chi connectivity index (χ4n) is 5.52. The van der Waals surface area contributed by atoms with Crippen LogP contribution < -0.4 is 5.32 Å². The van der Waals surface area contributed by atoms with E-state index in [0.29, 0.717) is 5.41 Å². The summed E-state index contributed by atoms with van der Waals surface area (Å²) >= 11 is 0. The first-order valence-corrected chi connectivity index (χ1v) is 10.4. The van der Waals surface area contributed by atoms with E-state index in [1.807, 2.05) is 24.3 Å². The maximum atomic E-state index is 12.4. The number of amides is 1. The molecule has 150 valence electrons. The van der Waals surface area contributed by atoms with Gasteiger partial charge in [0.1, 0.15) is 12.6 Å². The van der Waals surface area contributed by atoms with Crippen molar-refractivity contribution in [3.63, 3.8) is 0 Å². The highest BCUT2D eigenvalue weighted by Crippen LogP contribution is 2.59. The van der Waals surface area contributed by atoms with Gasteiger partial charge < -0.3 is 15.2 Å². The Hall–Kier alpha value is -2.82. The summed E-state index contributed by atoms with van der Waals surface area (Å²) in [6, 6.07) is 15.4. The second-order valence-electron chi connectivity index (χ2n) is 8.81. The van der Waals surface area contributed by atoms with Crippen molar-refractivity contribution in [3.8, 4) is 11.1 Å². The minimum atomic E-state index is -0.974. The molecule has 0 saturated heterocycles. The number of carboxylic acid groups (broad SMARTS) is 1. The zero-order chi connectivity index (χ0) is 20.0. The molecule has 2 fully saturated rings. The van der Waals surface area contributed by atoms with Gasteiger partial charge in [-0.15, -0.1) is 0 Å². The third-order valence-corrected chi connectivity index (χ3v) is 7.16. The van der Waals surface area contributed by atoms with Gasteiger partial charge in [-0.25, -0.2) is 9.59 Å². The van der Waals surface area contributed by atoms with E-state index in [1.54, 1.807) is 0 Å². The molecule has 5 heteroatoms. The molecule has 1 spiro atoms. The number of rotatable bonds is 5. The van der Waals surface area contributed by atoms with Gasteiger partial charge in [0.15, 0.2) is 0 Å². The van der Waals surface area contributed by atoms with Crippen LogP contribution >= 0.6 is 0 Å². The Morgan fingerprint density at radius 3 is 2.14 bits per heavy atom. The van der Waals surface area contributed by atoms with Gasteiger partial charge in [0.05, 0.1) is 0 Å². The lowest BCUT2D eigenvalue weighted by Crippen LogP contribution is -2.55. The number of carbonyl (C=O) groups excluding carboxylic acids is 1. The summed E-state index contributed by atoms with van der Waals surface area (Å²) < 4.78 is 5.52. The summed E-state index contributed by atoms with van der Waals surface area (Å²) in [4.78, 5) is 24.1. The van der Waals surface area contributed by atoms with Crippen LogP contribution in [0.15, 0.2) is 48.5 Å². The van der Waals surface area contributed by atoms with E-state index in [0.717, 1.165) is 24.0 Å². The Morgan fingerprint density at radius 2 is 1.62 bits per heavy atom. The first-order chi connectivity index (χ1) is 14.1. The van der Waals surface area contributed by atoms with Crippen LogP contribution in [0.5, 0.6) is 0 Å². The average molecular weight is 391 g/mol. The van der Waals surface area contributed by atoms with Crippen molar-refractivity contribution in [1.82, 2.24) is 5.32 Å². The van der Waals surface area contributed by atoms with Gasteiger partial charge in [0, 0.05) is 5.92 Å². The number of ether oxygens (including phenoxy) is 1. The van der Waals surface area contributed by atoms with Crippen molar-refractivity contribution in [2.24, 2.45) is 11.3 Å². The second kappa shape index (κ2) is 6.90. The second-order valence-corrected chi connectivity index (χ2v) is 8.81. The molecular formula is C24H25NO4. The predicted molar refractivity (Wildman–Crippen MR) is 109 cm³/mol. The van der Waals surface area contributed by atoms with Crippen LogP contribution in [0.2, 0.25) is 0 Å². The summed E-state index contributed by atoms with van der Waals surface area (Å²) in [6.07, 6.45) is 4.78. The largest absolute Gasteiger partial charge is 0.480 e. The van der Waals surface area contributed by atoms with Gasteiger partial charge >= 0.3 is 12.1 Å². The topological polar surface area (TPSA) is 75.6 Å². The molecule has 0 heterocycles. The number of alkyl carbamates (subject to hydrolysis) is 1. The lowest BCUT2D eigenvalue weighted by molar-refractivity contribution is -0.145. The molecule has 3 aliphatic rings. The lowest BCUT2D eigenvalue weighted by Gasteiger charge is -2.55. The fraction of sp³-hybridized carbons (Fsp3) is 0.417. The Bertz CT molecular complexity index is 911. The van der Waals surface area contributed by atoms with E-state index in [-0.39, 0.29) is 18.4 Å². The van der Waals surface area contributed by atoms with Crippen molar-refractivity contribution in [2.75, 3.05) is 6.61 Å². The van der Waals surface area contributed by atoms with Crippen LogP contribution in [-0.4, -0.2) is 29.8 Å². The minimum Gasteiger partial charge on any atom is -0.480 e. The van der Waals surface area contributed by atoms with Crippen LogP contribution in [0, 0.1) is 11.3 Å². The molecule has 2 aromatic rings. The van der Waals surface area contributed by atoms with Crippen molar-refractivity contribution in [1.29, 1.82) is 0 Å². The molecule has 0 radical (unpaired) electrons. The fourth-order valence-corrected chi connectivity index (χ4v) is 5.52. The Balaban J connectivity index is 1.24. The quantitative estimate of drug-likeness (QED) is 0.784. The number of nitrogens with one attached hydrogen (secondary N) is 1. The normalized spacial score (nSPS) is 20.1. The van der Waals surface area contributed by atoms with Crippen LogP contribution in [0.25, 0.3) is 11.1 Å². The van der Waals surface area contributed by atoms with Gasteiger partial charge in [-0.3, -0.25) is 0 Å². The maximum absolute atomic E-state index is 12.4. The molecule has 2 N–H and O–H groups in total. The highest BCUT2D eigenvalue weighted by Gasteiger charge is 2.52. The number of benzene rings is 2. The average Bonchev–Trinajstić information content (AvgIpc) is 2.97. The van der Waals surface area contributed by atoms with E-state index in [1.165, 1.54) is 30.4 Å². The molecule has 0 aliphatic heterocycles. The highest BCUT2D eigenvalue weighted by molar-refractivity contribution is 5.81. The predicted octanol–water partition coefficient (Wildman–Crippen LogP) is 4.56. The number of carbonyl (C=O) groups is 2. The number of fused-ring (bicyclic) bond motifs is 3. The Kier molecular flexibility index (Phi) is 4.34. The smallest absolute Gasteiger partial charge is 0.407 e. The first kappa shape index (κ1) is 18.2. The molecule has 1 amide bonds. The molecule has 1 atom stereocenters. The van der Waals surface area contributed by atoms with Gasteiger partial charge in [-0.2, -0.15) is 0 Å². The Labute approximate surface area is 170 Å². The molecule has 5 nitrogen and oxygen atoms in total. The van der Waals surface area contributed by atoms with Crippen LogP contribution in [-0.2, 0) is 9.53 Å². The zero-order valence-corrected chi connectivity index (χ0v) is 16.3. The van der Waals surface area contributed by atoms with E-state index in [2.05, 4.69) is 29.6 Å². The molecule has 5 rings (SSSR count).